The van der Waals surface area contributed by atoms with Gasteiger partial charge in [-0.3, -0.25) is 4.79 Å². The molecule has 0 aromatic heterocycles. The number of hydrogen-bond donors (Lipinski definition) is 2. The number of carbonyl (C=O) groups is 1. The van der Waals surface area contributed by atoms with Gasteiger partial charge >= 0.3 is 0 Å². The summed E-state index contributed by atoms with van der Waals surface area (Å²) in [4.78, 5) is 12.0. The van der Waals surface area contributed by atoms with Crippen molar-refractivity contribution < 1.29 is 9.90 Å². The summed E-state index contributed by atoms with van der Waals surface area (Å²) in [6, 6.07) is 5.41. The highest BCUT2D eigenvalue weighted by Crippen LogP contribution is 2.22. The van der Waals surface area contributed by atoms with Crippen molar-refractivity contribution in [1.29, 1.82) is 0 Å². The molecule has 1 amide bonds. The van der Waals surface area contributed by atoms with Crippen LogP contribution >= 0.6 is 27.5 Å². The Morgan fingerprint density at radius 1 is 1.47 bits per heavy atom. The fourth-order valence-corrected chi connectivity index (χ4v) is 2.71. The molecule has 0 heterocycles. The van der Waals surface area contributed by atoms with Gasteiger partial charge in [-0.2, -0.15) is 0 Å². The number of halogens is 2. The Morgan fingerprint density at radius 3 is 2.95 bits per heavy atom. The predicted octanol–water partition coefficient (Wildman–Crippen LogP) is 2.70. The van der Waals surface area contributed by atoms with E-state index >= 15 is 0 Å². The number of aliphatic hydroxyl groups is 1. The van der Waals surface area contributed by atoms with Gasteiger partial charge in [-0.05, 0) is 30.2 Å². The normalized spacial score (nSPS) is 21.6. The number of aliphatic hydroxyl groups excluding tert-OH is 1. The van der Waals surface area contributed by atoms with Gasteiger partial charge in [-0.25, -0.2) is 0 Å². The number of amides is 1. The molecule has 102 valence electrons. The summed E-state index contributed by atoms with van der Waals surface area (Å²) >= 11 is 9.32. The van der Waals surface area contributed by atoms with Crippen LogP contribution in [0.4, 0.5) is 0 Å². The van der Waals surface area contributed by atoms with E-state index in [9.17, 15) is 4.79 Å². The first-order valence-corrected chi connectivity index (χ1v) is 7.28. The Labute approximate surface area is 125 Å². The van der Waals surface area contributed by atoms with Crippen LogP contribution in [0.5, 0.6) is 0 Å². The Morgan fingerprint density at radius 2 is 2.26 bits per heavy atom. The minimum Gasteiger partial charge on any atom is -0.396 e. The fraction of sp³-hybridized carbons (Fsp3) is 0.357. The van der Waals surface area contributed by atoms with Crippen LogP contribution in [0.25, 0.3) is 0 Å². The zero-order valence-corrected chi connectivity index (χ0v) is 12.6. The molecule has 0 unspecified atom stereocenters. The van der Waals surface area contributed by atoms with Gasteiger partial charge in [0.05, 0.1) is 6.42 Å². The van der Waals surface area contributed by atoms with Gasteiger partial charge in [-0.1, -0.05) is 39.7 Å². The third-order valence-corrected chi connectivity index (χ3v) is 4.12. The Balaban J connectivity index is 1.91. The lowest BCUT2D eigenvalue weighted by Gasteiger charge is -2.13. The molecule has 1 aromatic carbocycles. The number of hydrogen-bond acceptors (Lipinski definition) is 2. The molecule has 19 heavy (non-hydrogen) atoms. The van der Waals surface area contributed by atoms with Crippen molar-refractivity contribution in [2.45, 2.75) is 18.9 Å². The summed E-state index contributed by atoms with van der Waals surface area (Å²) in [5.74, 6) is 0.111. The van der Waals surface area contributed by atoms with E-state index < -0.39 is 0 Å². The molecule has 0 radical (unpaired) electrons. The number of benzene rings is 1. The van der Waals surface area contributed by atoms with E-state index in [1.165, 1.54) is 0 Å². The van der Waals surface area contributed by atoms with Crippen molar-refractivity contribution in [3.63, 3.8) is 0 Å². The SMILES string of the molecule is O=C(Cc1cc(Cl)ccc1Br)N[C@@H]1C=C[C@H](CO)C1. The third-order valence-electron chi connectivity index (χ3n) is 3.11. The minimum atomic E-state index is -0.0452. The highest BCUT2D eigenvalue weighted by molar-refractivity contribution is 9.10. The molecule has 1 aromatic rings. The topological polar surface area (TPSA) is 49.3 Å². The predicted molar refractivity (Wildman–Crippen MR) is 79.1 cm³/mol. The number of carbonyl (C=O) groups excluding carboxylic acids is 1. The maximum absolute atomic E-state index is 12.0. The molecular weight excluding hydrogens is 330 g/mol. The molecule has 0 bridgehead atoms. The summed E-state index contributed by atoms with van der Waals surface area (Å²) in [6.07, 6.45) is 4.93. The van der Waals surface area contributed by atoms with Gasteiger partial charge < -0.3 is 10.4 Å². The molecule has 0 saturated heterocycles. The standard InChI is InChI=1S/C14H15BrClNO2/c15-13-4-2-11(16)6-10(13)7-14(19)17-12-3-1-9(5-12)8-18/h1-4,6,9,12,18H,5,7-8H2,(H,17,19)/t9-,12+/m0/s1. The van der Waals surface area contributed by atoms with E-state index in [2.05, 4.69) is 21.2 Å². The highest BCUT2D eigenvalue weighted by atomic mass is 79.9. The maximum atomic E-state index is 12.0. The zero-order valence-electron chi connectivity index (χ0n) is 10.3. The van der Waals surface area contributed by atoms with Gasteiger partial charge in [0.2, 0.25) is 5.91 Å². The van der Waals surface area contributed by atoms with E-state index in [-0.39, 0.29) is 30.9 Å². The molecule has 1 aliphatic rings. The van der Waals surface area contributed by atoms with Crippen molar-refractivity contribution in [2.75, 3.05) is 6.61 Å². The molecule has 0 spiro atoms. The average Bonchev–Trinajstić information content (AvgIpc) is 2.81. The summed E-state index contributed by atoms with van der Waals surface area (Å²) in [5.41, 5.74) is 0.866. The lowest BCUT2D eigenvalue weighted by atomic mass is 10.1. The lowest BCUT2D eigenvalue weighted by molar-refractivity contribution is -0.120. The second-order valence-corrected chi connectivity index (χ2v) is 5.94. The third kappa shape index (κ3) is 4.06. The average molecular weight is 345 g/mol. The van der Waals surface area contributed by atoms with Crippen LogP contribution in [0, 0.1) is 5.92 Å². The first kappa shape index (κ1) is 14.6. The number of rotatable bonds is 4. The molecule has 2 atom stereocenters. The fourth-order valence-electron chi connectivity index (χ4n) is 2.13. The Bertz CT molecular complexity index is 504. The van der Waals surface area contributed by atoms with E-state index in [0.717, 1.165) is 16.5 Å². The van der Waals surface area contributed by atoms with Crippen molar-refractivity contribution in [3.8, 4) is 0 Å². The van der Waals surface area contributed by atoms with E-state index in [1.807, 2.05) is 18.2 Å². The van der Waals surface area contributed by atoms with Gasteiger partial charge in [0.15, 0.2) is 0 Å². The summed E-state index contributed by atoms with van der Waals surface area (Å²) < 4.78 is 0.877. The van der Waals surface area contributed by atoms with E-state index in [4.69, 9.17) is 16.7 Å². The first-order valence-electron chi connectivity index (χ1n) is 6.11. The van der Waals surface area contributed by atoms with E-state index in [0.29, 0.717) is 5.02 Å². The largest absolute Gasteiger partial charge is 0.396 e. The summed E-state index contributed by atoms with van der Waals surface area (Å²) in [7, 11) is 0. The van der Waals surface area contributed by atoms with Crippen LogP contribution in [-0.4, -0.2) is 23.7 Å². The molecule has 1 aliphatic carbocycles. The van der Waals surface area contributed by atoms with Crippen molar-refractivity contribution in [1.82, 2.24) is 5.32 Å². The summed E-state index contributed by atoms with van der Waals surface area (Å²) in [6.45, 7) is 0.128. The van der Waals surface area contributed by atoms with Crippen LogP contribution in [0.1, 0.15) is 12.0 Å². The van der Waals surface area contributed by atoms with Crippen molar-refractivity contribution in [3.05, 3.63) is 45.4 Å². The summed E-state index contributed by atoms with van der Waals surface area (Å²) in [5, 5.41) is 12.6. The molecule has 0 saturated carbocycles. The number of nitrogens with one attached hydrogen (secondary N) is 1. The lowest BCUT2D eigenvalue weighted by Crippen LogP contribution is -2.34. The second-order valence-electron chi connectivity index (χ2n) is 4.65. The Hall–Kier alpha value is -0.840. The molecular formula is C14H15BrClNO2. The van der Waals surface area contributed by atoms with E-state index in [1.54, 1.807) is 12.1 Å². The molecule has 5 heteroatoms. The smallest absolute Gasteiger partial charge is 0.224 e. The molecule has 3 nitrogen and oxygen atoms in total. The highest BCUT2D eigenvalue weighted by Gasteiger charge is 2.20. The van der Waals surface area contributed by atoms with Crippen molar-refractivity contribution in [2.24, 2.45) is 5.92 Å². The Kier molecular flexibility index (Phi) is 5.02. The molecule has 0 aliphatic heterocycles. The van der Waals surface area contributed by atoms with Gasteiger partial charge in [-0.15, -0.1) is 0 Å². The second kappa shape index (κ2) is 6.55. The van der Waals surface area contributed by atoms with Gasteiger partial charge in [0.1, 0.15) is 0 Å². The van der Waals surface area contributed by atoms with Crippen LogP contribution in [0.15, 0.2) is 34.8 Å². The van der Waals surface area contributed by atoms with Crippen LogP contribution in [0.3, 0.4) is 0 Å². The van der Waals surface area contributed by atoms with Crippen LogP contribution in [0.2, 0.25) is 5.02 Å². The maximum Gasteiger partial charge on any atom is 0.224 e. The first-order chi connectivity index (χ1) is 9.08. The monoisotopic (exact) mass is 343 g/mol. The van der Waals surface area contributed by atoms with Gasteiger partial charge in [0.25, 0.3) is 0 Å². The molecule has 0 fully saturated rings. The van der Waals surface area contributed by atoms with Crippen molar-refractivity contribution >= 4 is 33.4 Å². The van der Waals surface area contributed by atoms with Crippen LogP contribution in [-0.2, 0) is 11.2 Å². The molecule has 2 rings (SSSR count). The van der Waals surface area contributed by atoms with Gasteiger partial charge in [0, 0.05) is 28.1 Å². The quantitative estimate of drug-likeness (QED) is 0.825. The van der Waals surface area contributed by atoms with Crippen LogP contribution < -0.4 is 5.32 Å². The molecule has 2 N–H and O–H groups in total. The zero-order chi connectivity index (χ0) is 13.8. The minimum absolute atomic E-state index is 0.0163.